The van der Waals surface area contributed by atoms with Gasteiger partial charge in [-0.2, -0.15) is 0 Å². The summed E-state index contributed by atoms with van der Waals surface area (Å²) in [6, 6.07) is 0. The van der Waals surface area contributed by atoms with E-state index in [4.69, 9.17) is 23.7 Å². The van der Waals surface area contributed by atoms with Crippen molar-refractivity contribution < 1.29 is 72.3 Å². The van der Waals surface area contributed by atoms with Crippen LogP contribution in [0.4, 0.5) is 0 Å². The Hall–Kier alpha value is -4.24. The molecule has 0 radical (unpaired) electrons. The molecule has 3 rings (SSSR count). The molecule has 2 N–H and O–H groups in total. The fraction of sp³-hybridized carbons (Fsp3) is 0.647. The maximum atomic E-state index is 14.3. The Labute approximate surface area is 283 Å². The zero-order valence-corrected chi connectivity index (χ0v) is 28.2. The van der Waals surface area contributed by atoms with Crippen molar-refractivity contribution in [3.8, 4) is 0 Å². The zero-order valence-electron chi connectivity index (χ0n) is 28.2. The van der Waals surface area contributed by atoms with Crippen LogP contribution in [0.2, 0.25) is 0 Å². The van der Waals surface area contributed by atoms with Gasteiger partial charge in [0.15, 0.2) is 11.2 Å². The molecule has 3 aliphatic rings. The van der Waals surface area contributed by atoms with E-state index in [1.807, 2.05) is 0 Å². The number of esters is 5. The molecule has 3 heterocycles. The molecule has 15 heteroatoms. The monoisotopic (exact) mass is 692 g/mol. The second kappa shape index (κ2) is 16.9. The molecule has 15 nitrogen and oxygen atoms in total. The number of carbonyl (C=O) groups is 8. The van der Waals surface area contributed by atoms with Gasteiger partial charge >= 0.3 is 29.8 Å². The fourth-order valence-corrected chi connectivity index (χ4v) is 5.96. The molecule has 0 unspecified atom stereocenters. The summed E-state index contributed by atoms with van der Waals surface area (Å²) in [7, 11) is 0. The molecule has 0 aromatic rings. The predicted molar refractivity (Wildman–Crippen MR) is 165 cm³/mol. The molecular formula is C34H44O15. The third-order valence-electron chi connectivity index (χ3n) is 8.83. The molecule has 0 aliphatic carbocycles. The molecule has 0 amide bonds. The standard InChI is InChI=1S/C34H44O15/c1-17-6-8-22(35)15-24(31(42)48-20(4)26(37)10-12-29(40)45-17)34(28(39)14-19(3)47-33(34)44)25-16-23(36)9-7-18(2)46-30(41)13-11-27(38)21(5)49-32(25)43/h10-13,17-21,24-27,37-38H,6-9,14-16H2,1-5H3/t17-,18-,19-,20-,21-,24-,25-,26+,27+,34?/m0/s1. The molecule has 0 spiro atoms. The van der Waals surface area contributed by atoms with Gasteiger partial charge in [0.1, 0.15) is 42.1 Å². The highest BCUT2D eigenvalue weighted by atomic mass is 16.6. The van der Waals surface area contributed by atoms with Crippen molar-refractivity contribution in [2.45, 2.75) is 122 Å². The smallest absolute Gasteiger partial charge is 0.330 e. The highest BCUT2D eigenvalue weighted by molar-refractivity contribution is 6.13. The number of cyclic esters (lactones) is 5. The Morgan fingerprint density at radius 3 is 1.37 bits per heavy atom. The molecule has 1 saturated heterocycles. The van der Waals surface area contributed by atoms with Gasteiger partial charge in [-0.3, -0.25) is 28.8 Å². The molecular weight excluding hydrogens is 648 g/mol. The lowest BCUT2D eigenvalue weighted by atomic mass is 9.59. The number of ketones is 3. The van der Waals surface area contributed by atoms with E-state index < -0.39 is 126 Å². The van der Waals surface area contributed by atoms with E-state index in [-0.39, 0.29) is 25.7 Å². The summed E-state index contributed by atoms with van der Waals surface area (Å²) in [5, 5.41) is 21.2. The van der Waals surface area contributed by atoms with Crippen molar-refractivity contribution in [2.75, 3.05) is 0 Å². The van der Waals surface area contributed by atoms with Crippen LogP contribution >= 0.6 is 0 Å². The molecule has 49 heavy (non-hydrogen) atoms. The molecule has 0 aromatic carbocycles. The van der Waals surface area contributed by atoms with Crippen molar-refractivity contribution in [3.05, 3.63) is 24.3 Å². The average molecular weight is 693 g/mol. The minimum absolute atomic E-state index is 0.0167. The van der Waals surface area contributed by atoms with E-state index in [0.29, 0.717) is 0 Å². The lowest BCUT2D eigenvalue weighted by Gasteiger charge is -2.44. The Balaban J connectivity index is 2.22. The first-order valence-corrected chi connectivity index (χ1v) is 16.3. The van der Waals surface area contributed by atoms with Crippen LogP contribution in [0, 0.1) is 17.3 Å². The Morgan fingerprint density at radius 2 is 0.980 bits per heavy atom. The average Bonchev–Trinajstić information content (AvgIpc) is 3.01. The van der Waals surface area contributed by atoms with Crippen LogP contribution in [-0.4, -0.2) is 100 Å². The van der Waals surface area contributed by atoms with Gasteiger partial charge in [0.2, 0.25) is 0 Å². The SMILES string of the molecule is C[C@@H]1OC(=O)[C@@H](C2([C@H]3CC(=O)CC[C@H](C)OC(=O)C=C[C@@H](O)[C@H](C)OC3=O)C(=O)C[C@H](C)OC2=O)CC(=O)CC[C@H](C)OC(=O)C=C[C@H]1O. The molecule has 3 aliphatic heterocycles. The number of ether oxygens (including phenoxy) is 5. The Morgan fingerprint density at radius 1 is 0.571 bits per heavy atom. The molecule has 9 atom stereocenters. The van der Waals surface area contributed by atoms with Crippen molar-refractivity contribution in [1.29, 1.82) is 0 Å². The summed E-state index contributed by atoms with van der Waals surface area (Å²) in [5.74, 6) is -12.0. The maximum absolute atomic E-state index is 14.3. The number of carbonyl (C=O) groups excluding carboxylic acids is 8. The topological polar surface area (TPSA) is 223 Å². The van der Waals surface area contributed by atoms with Crippen molar-refractivity contribution in [3.63, 3.8) is 0 Å². The number of Topliss-reactive ketones (excluding diaryl/α,β-unsaturated/α-hetero) is 3. The minimum atomic E-state index is -2.81. The van der Waals surface area contributed by atoms with Crippen molar-refractivity contribution in [2.24, 2.45) is 17.3 Å². The normalized spacial score (nSPS) is 36.8. The number of hydrogen-bond donors (Lipinski definition) is 2. The van der Waals surface area contributed by atoms with Gasteiger partial charge in [-0.1, -0.05) is 0 Å². The van der Waals surface area contributed by atoms with E-state index in [1.54, 1.807) is 0 Å². The number of aliphatic hydroxyl groups is 2. The summed E-state index contributed by atoms with van der Waals surface area (Å²) < 4.78 is 26.9. The second-order valence-corrected chi connectivity index (χ2v) is 12.9. The van der Waals surface area contributed by atoms with Gasteiger partial charge in [-0.15, -0.1) is 0 Å². The number of hydrogen-bond acceptors (Lipinski definition) is 15. The van der Waals surface area contributed by atoms with E-state index in [2.05, 4.69) is 0 Å². The van der Waals surface area contributed by atoms with Gasteiger partial charge < -0.3 is 33.9 Å². The quantitative estimate of drug-likeness (QED) is 0.236. The Bertz CT molecular complexity index is 1280. The van der Waals surface area contributed by atoms with E-state index in [1.165, 1.54) is 34.6 Å². The van der Waals surface area contributed by atoms with E-state index in [9.17, 15) is 48.6 Å². The molecule has 270 valence electrons. The van der Waals surface area contributed by atoms with Crippen LogP contribution < -0.4 is 0 Å². The summed E-state index contributed by atoms with van der Waals surface area (Å²) in [6.07, 6.45) is -7.40. The van der Waals surface area contributed by atoms with Gasteiger partial charge in [-0.25, -0.2) is 9.59 Å². The van der Waals surface area contributed by atoms with Crippen LogP contribution in [0.25, 0.3) is 0 Å². The Kier molecular flexibility index (Phi) is 13.5. The lowest BCUT2D eigenvalue weighted by Crippen LogP contribution is -2.61. The zero-order chi connectivity index (χ0) is 36.6. The van der Waals surface area contributed by atoms with E-state index in [0.717, 1.165) is 24.3 Å². The third kappa shape index (κ3) is 9.91. The number of aliphatic hydroxyl groups excluding tert-OH is 2. The summed E-state index contributed by atoms with van der Waals surface area (Å²) in [4.78, 5) is 108. The van der Waals surface area contributed by atoms with Crippen LogP contribution in [-0.2, 0) is 62.0 Å². The summed E-state index contributed by atoms with van der Waals surface area (Å²) in [5.41, 5.74) is -2.81. The van der Waals surface area contributed by atoms with Gasteiger partial charge in [0, 0.05) is 44.3 Å². The van der Waals surface area contributed by atoms with Crippen molar-refractivity contribution in [1.82, 2.24) is 0 Å². The molecule has 0 saturated carbocycles. The van der Waals surface area contributed by atoms with Crippen LogP contribution in [0.5, 0.6) is 0 Å². The fourth-order valence-electron chi connectivity index (χ4n) is 5.96. The second-order valence-electron chi connectivity index (χ2n) is 12.9. The molecule has 1 fully saturated rings. The van der Waals surface area contributed by atoms with Crippen molar-refractivity contribution >= 4 is 47.2 Å². The third-order valence-corrected chi connectivity index (χ3v) is 8.83. The predicted octanol–water partition coefficient (Wildman–Crippen LogP) is 1.18. The van der Waals surface area contributed by atoms with Gasteiger partial charge in [0.05, 0.1) is 24.0 Å². The largest absolute Gasteiger partial charge is 0.461 e. The molecule has 0 aromatic heterocycles. The first-order valence-electron chi connectivity index (χ1n) is 16.3. The van der Waals surface area contributed by atoms with Crippen LogP contribution in [0.15, 0.2) is 24.3 Å². The minimum Gasteiger partial charge on any atom is -0.461 e. The van der Waals surface area contributed by atoms with Crippen LogP contribution in [0.3, 0.4) is 0 Å². The highest BCUT2D eigenvalue weighted by Gasteiger charge is 2.66. The first-order chi connectivity index (χ1) is 22.9. The van der Waals surface area contributed by atoms with Crippen LogP contribution in [0.1, 0.15) is 79.6 Å². The van der Waals surface area contributed by atoms with E-state index >= 15 is 0 Å². The summed E-state index contributed by atoms with van der Waals surface area (Å²) >= 11 is 0. The number of rotatable bonds is 2. The molecule has 0 bridgehead atoms. The lowest BCUT2D eigenvalue weighted by molar-refractivity contribution is -0.198. The maximum Gasteiger partial charge on any atom is 0.330 e. The highest BCUT2D eigenvalue weighted by Crippen LogP contribution is 2.48. The summed E-state index contributed by atoms with van der Waals surface area (Å²) in [6.45, 7) is 6.96. The first kappa shape index (κ1) is 39.2. The van der Waals surface area contributed by atoms with Gasteiger partial charge in [-0.05, 0) is 59.6 Å². The van der Waals surface area contributed by atoms with Gasteiger partial charge in [0.25, 0.3) is 0 Å².